The Morgan fingerprint density at radius 2 is 1.94 bits per heavy atom. The highest BCUT2D eigenvalue weighted by Gasteiger charge is 2.50. The van der Waals surface area contributed by atoms with Crippen molar-refractivity contribution >= 4 is 5.91 Å². The highest BCUT2D eigenvalue weighted by molar-refractivity contribution is 5.82. The molecule has 6 atom stereocenters. The summed E-state index contributed by atoms with van der Waals surface area (Å²) in [6.07, 6.45) is 8.18. The van der Waals surface area contributed by atoms with Gasteiger partial charge in [0.25, 0.3) is 0 Å². The number of hydrogen-bond acceptors (Lipinski definition) is 3. The van der Waals surface area contributed by atoms with Crippen molar-refractivity contribution in [2.24, 2.45) is 23.2 Å². The molecule has 3 rings (SSSR count). The second kappa shape index (κ2) is 11.0. The number of carbonyl (C=O) groups excluding carboxylic acids is 1. The van der Waals surface area contributed by atoms with Gasteiger partial charge >= 0.3 is 12.1 Å². The number of alkyl halides is 3. The molecule has 0 aromatic heterocycles. The molecule has 200 valence electrons. The molecule has 0 heterocycles. The summed E-state index contributed by atoms with van der Waals surface area (Å²) in [7, 11) is 0. The Kier molecular flexibility index (Phi) is 8.84. The number of rotatable bonds is 7. The van der Waals surface area contributed by atoms with Crippen LogP contribution in [0.3, 0.4) is 0 Å². The van der Waals surface area contributed by atoms with Crippen LogP contribution < -0.4 is 5.32 Å². The Morgan fingerprint density at radius 1 is 1.23 bits per heavy atom. The minimum atomic E-state index is -4.91. The van der Waals surface area contributed by atoms with Crippen LogP contribution in [0, 0.1) is 23.2 Å². The fourth-order valence-corrected chi connectivity index (χ4v) is 7.21. The first kappa shape index (κ1) is 28.2. The van der Waals surface area contributed by atoms with Gasteiger partial charge < -0.3 is 15.5 Å². The zero-order chi connectivity index (χ0) is 26.0. The SMILES string of the molecule is C[C@H](CCCC(C)(C)O)[C@H]1CC[C@H]2/C(=C/C=C3\CC(NC(=O)C(F)(F)F)C[C@H](O)C3)CCC[C@]12C. The monoisotopic (exact) mass is 499 g/mol. The lowest BCUT2D eigenvalue weighted by Gasteiger charge is -2.44. The lowest BCUT2D eigenvalue weighted by Crippen LogP contribution is -2.46. The van der Waals surface area contributed by atoms with E-state index >= 15 is 0 Å². The summed E-state index contributed by atoms with van der Waals surface area (Å²) in [4.78, 5) is 11.4. The molecular weight excluding hydrogens is 455 g/mol. The van der Waals surface area contributed by atoms with Crippen molar-refractivity contribution in [1.82, 2.24) is 5.32 Å². The molecule has 3 aliphatic rings. The van der Waals surface area contributed by atoms with Gasteiger partial charge in [-0.15, -0.1) is 0 Å². The molecule has 4 nitrogen and oxygen atoms in total. The summed E-state index contributed by atoms with van der Waals surface area (Å²) in [6.45, 7) is 8.54. The number of halogens is 3. The molecule has 0 aromatic carbocycles. The van der Waals surface area contributed by atoms with Crippen LogP contribution in [0.1, 0.15) is 98.3 Å². The molecule has 0 aliphatic heterocycles. The third kappa shape index (κ3) is 7.34. The van der Waals surface area contributed by atoms with Gasteiger partial charge in [-0.2, -0.15) is 13.2 Å². The predicted molar refractivity (Wildman–Crippen MR) is 131 cm³/mol. The lowest BCUT2D eigenvalue weighted by atomic mass is 9.60. The molecule has 3 saturated carbocycles. The van der Waals surface area contributed by atoms with Crippen molar-refractivity contribution in [3.05, 3.63) is 23.3 Å². The second-order valence-electron chi connectivity index (χ2n) is 12.3. The Hall–Kier alpha value is -1.34. The summed E-state index contributed by atoms with van der Waals surface area (Å²) in [5.74, 6) is -0.157. The van der Waals surface area contributed by atoms with Crippen LogP contribution in [-0.2, 0) is 4.79 Å². The van der Waals surface area contributed by atoms with E-state index in [1.807, 2.05) is 25.2 Å². The topological polar surface area (TPSA) is 69.6 Å². The van der Waals surface area contributed by atoms with Gasteiger partial charge in [0.05, 0.1) is 11.7 Å². The maximum atomic E-state index is 12.6. The van der Waals surface area contributed by atoms with Gasteiger partial charge in [0.1, 0.15) is 0 Å². The van der Waals surface area contributed by atoms with Gasteiger partial charge in [-0.05, 0) is 94.8 Å². The molecule has 1 amide bonds. The molecular formula is C28H44F3NO3. The van der Waals surface area contributed by atoms with Crippen LogP contribution in [0.15, 0.2) is 23.3 Å². The highest BCUT2D eigenvalue weighted by Crippen LogP contribution is 2.60. The van der Waals surface area contributed by atoms with Gasteiger partial charge in [-0.3, -0.25) is 4.79 Å². The first-order valence-corrected chi connectivity index (χ1v) is 13.4. The zero-order valence-corrected chi connectivity index (χ0v) is 21.8. The number of allylic oxidation sites excluding steroid dienone is 3. The molecule has 0 radical (unpaired) electrons. The van der Waals surface area contributed by atoms with Gasteiger partial charge in [0, 0.05) is 6.04 Å². The predicted octanol–water partition coefficient (Wildman–Crippen LogP) is 6.22. The van der Waals surface area contributed by atoms with E-state index in [-0.39, 0.29) is 11.8 Å². The largest absolute Gasteiger partial charge is 0.471 e. The Morgan fingerprint density at radius 3 is 2.60 bits per heavy atom. The number of aliphatic hydroxyl groups excluding tert-OH is 1. The number of nitrogens with one attached hydrogen (secondary N) is 1. The minimum Gasteiger partial charge on any atom is -0.393 e. The van der Waals surface area contributed by atoms with Crippen LogP contribution in [0.5, 0.6) is 0 Å². The molecule has 7 heteroatoms. The number of fused-ring (bicyclic) bond motifs is 1. The van der Waals surface area contributed by atoms with Crippen LogP contribution in [0.25, 0.3) is 0 Å². The van der Waals surface area contributed by atoms with Gasteiger partial charge in [0.2, 0.25) is 0 Å². The van der Waals surface area contributed by atoms with Crippen molar-refractivity contribution in [3.8, 4) is 0 Å². The van der Waals surface area contributed by atoms with E-state index in [1.54, 1.807) is 0 Å². The standard InChI is InChI=1S/C28H44F3NO3/c1-18(7-5-13-26(2,3)35)23-11-12-24-20(8-6-14-27(23,24)4)10-9-19-15-21(17-22(33)16-19)32-25(34)28(29,30)31/h9-10,18,21-24,33,35H,5-8,11-17H2,1-4H3,(H,32,34)/b19-9+,20-10+/t18-,21?,22-,23-,24+,27-/m1/s1. The molecule has 35 heavy (non-hydrogen) atoms. The lowest BCUT2D eigenvalue weighted by molar-refractivity contribution is -0.174. The summed E-state index contributed by atoms with van der Waals surface area (Å²) in [5.41, 5.74) is 1.96. The Bertz CT molecular complexity index is 813. The number of amides is 1. The average Bonchev–Trinajstić information content (AvgIpc) is 3.07. The zero-order valence-electron chi connectivity index (χ0n) is 21.8. The van der Waals surface area contributed by atoms with E-state index in [9.17, 15) is 28.2 Å². The van der Waals surface area contributed by atoms with Gasteiger partial charge in [0.15, 0.2) is 0 Å². The first-order chi connectivity index (χ1) is 16.2. The van der Waals surface area contributed by atoms with Crippen LogP contribution in [-0.4, -0.2) is 40.0 Å². The minimum absolute atomic E-state index is 0.142. The molecule has 1 unspecified atom stereocenters. The van der Waals surface area contributed by atoms with Crippen LogP contribution in [0.4, 0.5) is 13.2 Å². The third-order valence-corrected chi connectivity index (χ3v) is 8.86. The molecule has 3 fully saturated rings. The van der Waals surface area contributed by atoms with Crippen molar-refractivity contribution in [2.45, 2.75) is 122 Å². The van der Waals surface area contributed by atoms with Crippen molar-refractivity contribution in [2.75, 3.05) is 0 Å². The first-order valence-electron chi connectivity index (χ1n) is 13.4. The third-order valence-electron chi connectivity index (χ3n) is 8.86. The van der Waals surface area contributed by atoms with E-state index in [0.29, 0.717) is 30.6 Å². The molecule has 3 N–H and O–H groups in total. The van der Waals surface area contributed by atoms with E-state index in [2.05, 4.69) is 19.9 Å². The maximum Gasteiger partial charge on any atom is 0.471 e. The number of hydrogen-bond donors (Lipinski definition) is 3. The molecule has 0 aromatic rings. The highest BCUT2D eigenvalue weighted by atomic mass is 19.4. The normalized spacial score (nSPS) is 35.2. The van der Waals surface area contributed by atoms with E-state index in [1.165, 1.54) is 24.8 Å². The molecule has 0 saturated heterocycles. The van der Waals surface area contributed by atoms with E-state index in [4.69, 9.17) is 0 Å². The quantitative estimate of drug-likeness (QED) is 0.389. The van der Waals surface area contributed by atoms with E-state index in [0.717, 1.165) is 37.7 Å². The van der Waals surface area contributed by atoms with Crippen molar-refractivity contribution in [1.29, 1.82) is 0 Å². The van der Waals surface area contributed by atoms with Crippen molar-refractivity contribution < 1.29 is 28.2 Å². The summed E-state index contributed by atoms with van der Waals surface area (Å²) in [6, 6.07) is -0.699. The Labute approximate surface area is 208 Å². The van der Waals surface area contributed by atoms with Crippen LogP contribution >= 0.6 is 0 Å². The molecule has 0 bridgehead atoms. The van der Waals surface area contributed by atoms with Crippen LogP contribution in [0.2, 0.25) is 0 Å². The second-order valence-corrected chi connectivity index (χ2v) is 12.3. The summed E-state index contributed by atoms with van der Waals surface area (Å²) in [5, 5.41) is 22.3. The maximum absolute atomic E-state index is 12.6. The number of carbonyl (C=O) groups is 1. The average molecular weight is 500 g/mol. The Balaban J connectivity index is 1.66. The fourth-order valence-electron chi connectivity index (χ4n) is 7.21. The summed E-state index contributed by atoms with van der Waals surface area (Å²) >= 11 is 0. The fraction of sp³-hybridized carbons (Fsp3) is 0.821. The van der Waals surface area contributed by atoms with Gasteiger partial charge in [-0.1, -0.05) is 50.0 Å². The van der Waals surface area contributed by atoms with Gasteiger partial charge in [-0.25, -0.2) is 0 Å². The van der Waals surface area contributed by atoms with E-state index < -0.39 is 29.8 Å². The number of aliphatic hydroxyl groups is 2. The smallest absolute Gasteiger partial charge is 0.393 e. The van der Waals surface area contributed by atoms with Crippen molar-refractivity contribution in [3.63, 3.8) is 0 Å². The molecule has 0 spiro atoms. The molecule has 3 aliphatic carbocycles. The summed E-state index contributed by atoms with van der Waals surface area (Å²) < 4.78 is 37.9.